The maximum Gasteiger partial charge on any atom is 0.391 e. The minimum atomic E-state index is -4.22. The molecule has 0 radical (unpaired) electrons. The summed E-state index contributed by atoms with van der Waals surface area (Å²) < 4.78 is 43.7. The van der Waals surface area contributed by atoms with E-state index in [0.29, 0.717) is 18.4 Å². The van der Waals surface area contributed by atoms with Gasteiger partial charge >= 0.3 is 11.8 Å². The number of carbonyl (C=O) groups is 2. The Bertz CT molecular complexity index is 738. The van der Waals surface area contributed by atoms with Gasteiger partial charge in [-0.15, -0.1) is 0 Å². The smallest absolute Gasteiger partial charge is 0.391 e. The van der Waals surface area contributed by atoms with Crippen LogP contribution in [0.4, 0.5) is 13.2 Å². The van der Waals surface area contributed by atoms with E-state index in [1.54, 1.807) is 0 Å². The van der Waals surface area contributed by atoms with Crippen LogP contribution in [0.5, 0.6) is 0 Å². The second-order valence-electron chi connectivity index (χ2n) is 6.42. The lowest BCUT2D eigenvalue weighted by Crippen LogP contribution is -2.39. The molecule has 1 N–H and O–H groups in total. The summed E-state index contributed by atoms with van der Waals surface area (Å²) in [5.74, 6) is -2.84. The van der Waals surface area contributed by atoms with Crippen LogP contribution in [0.25, 0.3) is 0 Å². The maximum atomic E-state index is 12.9. The van der Waals surface area contributed by atoms with Gasteiger partial charge in [-0.05, 0) is 30.7 Å². The quantitative estimate of drug-likeness (QED) is 0.837. The molecule has 1 aromatic heterocycles. The van der Waals surface area contributed by atoms with Gasteiger partial charge < -0.3 is 4.42 Å². The van der Waals surface area contributed by atoms with Gasteiger partial charge in [-0.3, -0.25) is 14.9 Å². The maximum absolute atomic E-state index is 12.9. The van der Waals surface area contributed by atoms with Crippen molar-refractivity contribution in [2.75, 3.05) is 0 Å². The Morgan fingerprint density at radius 1 is 1.21 bits per heavy atom. The Morgan fingerprint density at radius 2 is 1.96 bits per heavy atom. The van der Waals surface area contributed by atoms with E-state index >= 15 is 0 Å². The summed E-state index contributed by atoms with van der Waals surface area (Å²) >= 11 is 0. The van der Waals surface area contributed by atoms with Crippen LogP contribution >= 0.6 is 0 Å². The lowest BCUT2D eigenvalue weighted by atomic mass is 9.77. The second-order valence-corrected chi connectivity index (χ2v) is 6.42. The Hall–Kier alpha value is -2.12. The highest BCUT2D eigenvalue weighted by atomic mass is 19.4. The molecule has 2 amide bonds. The fraction of sp³-hybridized carbons (Fsp3) is 0.562. The molecule has 0 bridgehead atoms. The molecule has 3 rings (SSSR count). The molecule has 2 unspecified atom stereocenters. The van der Waals surface area contributed by atoms with E-state index in [9.17, 15) is 27.6 Å². The molecular weight excluding hydrogens is 327 g/mol. The van der Waals surface area contributed by atoms with Crippen molar-refractivity contribution < 1.29 is 27.2 Å². The molecule has 2 atom stereocenters. The van der Waals surface area contributed by atoms with Crippen molar-refractivity contribution in [3.05, 3.63) is 33.4 Å². The molecule has 2 aliphatic rings. The molecule has 0 aromatic carbocycles. The van der Waals surface area contributed by atoms with E-state index in [1.165, 1.54) is 0 Å². The summed E-state index contributed by atoms with van der Waals surface area (Å²) in [6, 6.07) is 1.14. The molecule has 2 heterocycles. The van der Waals surface area contributed by atoms with Gasteiger partial charge in [0.1, 0.15) is 5.76 Å². The molecule has 1 aliphatic heterocycles. The van der Waals surface area contributed by atoms with Crippen LogP contribution in [0.1, 0.15) is 47.4 Å². The monoisotopic (exact) mass is 343 g/mol. The van der Waals surface area contributed by atoms with E-state index in [-0.39, 0.29) is 42.9 Å². The first-order valence-electron chi connectivity index (χ1n) is 7.81. The third kappa shape index (κ3) is 3.37. The van der Waals surface area contributed by atoms with E-state index in [0.717, 1.165) is 6.07 Å². The average molecular weight is 343 g/mol. The zero-order chi connectivity index (χ0) is 17.5. The molecule has 1 fully saturated rings. The largest absolute Gasteiger partial charge is 0.426 e. The van der Waals surface area contributed by atoms with Gasteiger partial charge in [-0.25, -0.2) is 4.79 Å². The molecule has 8 heteroatoms. The van der Waals surface area contributed by atoms with Gasteiger partial charge in [0.25, 0.3) is 5.91 Å². The predicted octanol–water partition coefficient (Wildman–Crippen LogP) is 2.36. The van der Waals surface area contributed by atoms with Crippen molar-refractivity contribution in [1.29, 1.82) is 0 Å². The van der Waals surface area contributed by atoms with Crippen LogP contribution in [0, 0.1) is 11.8 Å². The molecule has 1 aromatic rings. The average Bonchev–Trinajstić information content (AvgIpc) is 2.45. The lowest BCUT2D eigenvalue weighted by molar-refractivity contribution is -0.185. The van der Waals surface area contributed by atoms with Crippen molar-refractivity contribution in [1.82, 2.24) is 5.32 Å². The van der Waals surface area contributed by atoms with Crippen molar-refractivity contribution in [3.63, 3.8) is 0 Å². The van der Waals surface area contributed by atoms with E-state index in [4.69, 9.17) is 4.42 Å². The van der Waals surface area contributed by atoms with Crippen molar-refractivity contribution in [3.8, 4) is 0 Å². The molecular formula is C16H16F3NO4. The Labute approximate surface area is 135 Å². The molecule has 1 aliphatic carbocycles. The van der Waals surface area contributed by atoms with Gasteiger partial charge in [0.2, 0.25) is 5.91 Å². The first-order valence-corrected chi connectivity index (χ1v) is 7.81. The van der Waals surface area contributed by atoms with Gasteiger partial charge in [0.05, 0.1) is 17.9 Å². The minimum Gasteiger partial charge on any atom is -0.426 e. The summed E-state index contributed by atoms with van der Waals surface area (Å²) in [5.41, 5.74) is -0.225. The Balaban J connectivity index is 1.87. The number of hydrogen-bond acceptors (Lipinski definition) is 4. The van der Waals surface area contributed by atoms with Crippen LogP contribution in [0.3, 0.4) is 0 Å². The normalized spacial score (nSPS) is 24.5. The van der Waals surface area contributed by atoms with Crippen LogP contribution < -0.4 is 10.9 Å². The van der Waals surface area contributed by atoms with Crippen LogP contribution in [0.2, 0.25) is 0 Å². The summed E-state index contributed by atoms with van der Waals surface area (Å²) in [6.07, 6.45) is -3.08. The Morgan fingerprint density at radius 3 is 2.67 bits per heavy atom. The third-order valence-electron chi connectivity index (χ3n) is 4.67. The number of carbonyl (C=O) groups excluding carboxylic acids is 2. The SMILES string of the molecule is O=C1Cc2oc(=O)cc(CC3CCCC(C(F)(F)F)C3)c2C(=O)N1. The lowest BCUT2D eigenvalue weighted by Gasteiger charge is -2.31. The van der Waals surface area contributed by atoms with Crippen molar-refractivity contribution >= 4 is 11.8 Å². The molecule has 0 spiro atoms. The Kier molecular flexibility index (Phi) is 4.23. The first kappa shape index (κ1) is 16.7. The van der Waals surface area contributed by atoms with Crippen LogP contribution in [-0.4, -0.2) is 18.0 Å². The van der Waals surface area contributed by atoms with Gasteiger partial charge in [0.15, 0.2) is 0 Å². The van der Waals surface area contributed by atoms with Crippen LogP contribution in [-0.2, 0) is 17.6 Å². The molecule has 5 nitrogen and oxygen atoms in total. The summed E-state index contributed by atoms with van der Waals surface area (Å²) in [7, 11) is 0. The van der Waals surface area contributed by atoms with Gasteiger partial charge in [-0.1, -0.05) is 12.8 Å². The molecule has 0 saturated heterocycles. The number of halogens is 3. The number of hydrogen-bond donors (Lipinski definition) is 1. The molecule has 24 heavy (non-hydrogen) atoms. The van der Waals surface area contributed by atoms with E-state index in [1.807, 2.05) is 0 Å². The van der Waals surface area contributed by atoms with Crippen molar-refractivity contribution in [2.24, 2.45) is 11.8 Å². The molecule has 130 valence electrons. The summed E-state index contributed by atoms with van der Waals surface area (Å²) in [5, 5.41) is 2.15. The highest BCUT2D eigenvalue weighted by Gasteiger charge is 2.42. The van der Waals surface area contributed by atoms with Gasteiger partial charge in [-0.2, -0.15) is 13.2 Å². The summed E-state index contributed by atoms with van der Waals surface area (Å²) in [4.78, 5) is 35.1. The first-order chi connectivity index (χ1) is 11.2. The number of rotatable bonds is 2. The fourth-order valence-corrected chi connectivity index (χ4v) is 3.62. The van der Waals surface area contributed by atoms with Gasteiger partial charge in [0, 0.05) is 6.07 Å². The standard InChI is InChI=1S/C16H16F3NO4/c17-16(18,19)10-3-1-2-8(5-10)4-9-6-13(22)24-11-7-12(21)20-15(23)14(9)11/h6,8,10H,1-5,7H2,(H,20,21,23). The third-order valence-corrected chi connectivity index (χ3v) is 4.67. The van der Waals surface area contributed by atoms with Crippen LogP contribution in [0.15, 0.2) is 15.3 Å². The molecule has 1 saturated carbocycles. The van der Waals surface area contributed by atoms with E-state index < -0.39 is 29.5 Å². The fourth-order valence-electron chi connectivity index (χ4n) is 3.62. The zero-order valence-electron chi connectivity index (χ0n) is 12.7. The number of nitrogens with one attached hydrogen (secondary N) is 1. The number of imide groups is 1. The number of fused-ring (bicyclic) bond motifs is 1. The zero-order valence-corrected chi connectivity index (χ0v) is 12.7. The highest BCUT2D eigenvalue weighted by molar-refractivity contribution is 6.09. The predicted molar refractivity (Wildman–Crippen MR) is 76.4 cm³/mol. The number of alkyl halides is 3. The highest BCUT2D eigenvalue weighted by Crippen LogP contribution is 2.41. The number of amides is 2. The van der Waals surface area contributed by atoms with Crippen molar-refractivity contribution in [2.45, 2.75) is 44.7 Å². The summed E-state index contributed by atoms with van der Waals surface area (Å²) in [6.45, 7) is 0. The topological polar surface area (TPSA) is 76.4 Å². The second kappa shape index (κ2) is 6.07. The minimum absolute atomic E-state index is 0.00516. The van der Waals surface area contributed by atoms with E-state index in [2.05, 4.69) is 5.32 Å².